The molecule has 0 bridgehead atoms. The summed E-state index contributed by atoms with van der Waals surface area (Å²) in [4.78, 5) is 25.5. The molecule has 0 spiro atoms. The standard InChI is InChI=1S/C30H37N5O3S/c1-18(2)38-26-17-22(20-10-13-35(4)14-11-20)19(3)16-25(26)33-30-32-24-12-15-39-27(24)28(34-30)31-23-9-7-6-8-21(23)29(36)37-5/h6-9,16-18,20H,10-15H2,1-5H3,(H2,31,32,33,34). The van der Waals surface area contributed by atoms with Gasteiger partial charge in [0.25, 0.3) is 0 Å². The largest absolute Gasteiger partial charge is 0.489 e. The summed E-state index contributed by atoms with van der Waals surface area (Å²) in [5, 5.41) is 6.84. The molecule has 2 aliphatic heterocycles. The number of para-hydroxylation sites is 1. The number of hydrogen-bond donors (Lipinski definition) is 2. The van der Waals surface area contributed by atoms with Crippen LogP contribution in [0.5, 0.6) is 5.75 Å². The fraction of sp³-hybridized carbons (Fsp3) is 0.433. The van der Waals surface area contributed by atoms with E-state index in [0.29, 0.717) is 28.9 Å². The smallest absolute Gasteiger partial charge is 0.339 e. The molecular weight excluding hydrogens is 510 g/mol. The number of methoxy groups -OCH3 is 1. The normalized spacial score (nSPS) is 15.7. The number of rotatable bonds is 8. The molecule has 39 heavy (non-hydrogen) atoms. The molecule has 1 fully saturated rings. The molecule has 0 saturated carbocycles. The summed E-state index contributed by atoms with van der Waals surface area (Å²) in [7, 11) is 3.58. The van der Waals surface area contributed by atoms with E-state index >= 15 is 0 Å². The van der Waals surface area contributed by atoms with Crippen molar-refractivity contribution in [3.8, 4) is 5.75 Å². The van der Waals surface area contributed by atoms with E-state index in [1.165, 1.54) is 18.2 Å². The van der Waals surface area contributed by atoms with E-state index in [0.717, 1.165) is 60.1 Å². The number of nitrogens with one attached hydrogen (secondary N) is 2. The van der Waals surface area contributed by atoms with E-state index in [9.17, 15) is 4.79 Å². The van der Waals surface area contributed by atoms with Gasteiger partial charge in [-0.25, -0.2) is 9.78 Å². The quantitative estimate of drug-likeness (QED) is 0.315. The number of anilines is 4. The van der Waals surface area contributed by atoms with Crippen LogP contribution in [-0.2, 0) is 11.2 Å². The number of aryl methyl sites for hydroxylation is 2. The predicted molar refractivity (Wildman–Crippen MR) is 157 cm³/mol. The Kier molecular flexibility index (Phi) is 8.28. The van der Waals surface area contributed by atoms with Gasteiger partial charge < -0.3 is 25.0 Å². The van der Waals surface area contributed by atoms with Crippen LogP contribution >= 0.6 is 11.8 Å². The van der Waals surface area contributed by atoms with Crippen molar-refractivity contribution >= 4 is 40.9 Å². The van der Waals surface area contributed by atoms with Crippen molar-refractivity contribution < 1.29 is 14.3 Å². The molecule has 8 nitrogen and oxygen atoms in total. The minimum absolute atomic E-state index is 0.0305. The lowest BCUT2D eigenvalue weighted by molar-refractivity contribution is 0.0602. The van der Waals surface area contributed by atoms with Crippen LogP contribution in [0, 0.1) is 6.92 Å². The summed E-state index contributed by atoms with van der Waals surface area (Å²) >= 11 is 1.72. The maximum Gasteiger partial charge on any atom is 0.339 e. The highest BCUT2D eigenvalue weighted by Crippen LogP contribution is 2.40. The summed E-state index contributed by atoms with van der Waals surface area (Å²) in [6.07, 6.45) is 3.19. The van der Waals surface area contributed by atoms with Crippen LogP contribution in [-0.4, -0.2) is 59.9 Å². The van der Waals surface area contributed by atoms with Gasteiger partial charge in [0, 0.05) is 12.2 Å². The van der Waals surface area contributed by atoms with Crippen molar-refractivity contribution in [2.24, 2.45) is 0 Å². The molecule has 2 N–H and O–H groups in total. The second-order valence-electron chi connectivity index (χ2n) is 10.5. The van der Waals surface area contributed by atoms with E-state index < -0.39 is 5.97 Å². The van der Waals surface area contributed by atoms with Crippen molar-refractivity contribution in [1.29, 1.82) is 0 Å². The first kappa shape index (κ1) is 27.3. The number of piperidine rings is 1. The van der Waals surface area contributed by atoms with Crippen LogP contribution in [0.25, 0.3) is 0 Å². The Morgan fingerprint density at radius 2 is 1.87 bits per heavy atom. The first-order valence-corrected chi connectivity index (χ1v) is 14.6. The van der Waals surface area contributed by atoms with E-state index in [2.05, 4.69) is 41.6 Å². The maximum atomic E-state index is 12.4. The number of benzene rings is 2. The maximum absolute atomic E-state index is 12.4. The van der Waals surface area contributed by atoms with Gasteiger partial charge in [-0.2, -0.15) is 4.98 Å². The molecule has 0 unspecified atom stereocenters. The zero-order chi connectivity index (χ0) is 27.5. The summed E-state index contributed by atoms with van der Waals surface area (Å²) in [5.41, 5.74) is 5.54. The monoisotopic (exact) mass is 547 g/mol. The molecule has 9 heteroatoms. The van der Waals surface area contributed by atoms with Gasteiger partial charge in [-0.05, 0) is 95.1 Å². The Morgan fingerprint density at radius 3 is 2.62 bits per heavy atom. The number of nitrogens with zero attached hydrogens (tertiary/aromatic N) is 3. The predicted octanol–water partition coefficient (Wildman–Crippen LogP) is 6.30. The van der Waals surface area contributed by atoms with Gasteiger partial charge in [-0.3, -0.25) is 0 Å². The zero-order valence-corrected chi connectivity index (χ0v) is 24.2. The Labute approximate surface area is 234 Å². The molecule has 206 valence electrons. The number of ether oxygens (including phenoxy) is 2. The van der Waals surface area contributed by atoms with Crippen LogP contribution in [0.2, 0.25) is 0 Å². The van der Waals surface area contributed by atoms with Crippen LogP contribution in [0.15, 0.2) is 41.3 Å². The molecular formula is C30H37N5O3S. The van der Waals surface area contributed by atoms with Crippen molar-refractivity contribution in [2.45, 2.75) is 57.0 Å². The molecule has 2 aliphatic rings. The average molecular weight is 548 g/mol. The van der Waals surface area contributed by atoms with Crippen LogP contribution in [0.1, 0.15) is 59.8 Å². The van der Waals surface area contributed by atoms with Crippen molar-refractivity contribution in [3.05, 3.63) is 58.8 Å². The second kappa shape index (κ2) is 11.8. The van der Waals surface area contributed by atoms with Crippen LogP contribution in [0.3, 0.4) is 0 Å². The summed E-state index contributed by atoms with van der Waals surface area (Å²) in [6, 6.07) is 11.7. The molecule has 1 saturated heterocycles. The Bertz CT molecular complexity index is 1350. The van der Waals surface area contributed by atoms with Crippen LogP contribution < -0.4 is 15.4 Å². The molecule has 0 amide bonds. The van der Waals surface area contributed by atoms with Crippen molar-refractivity contribution in [1.82, 2.24) is 14.9 Å². The fourth-order valence-corrected chi connectivity index (χ4v) is 6.30. The molecule has 5 rings (SSSR count). The van der Waals surface area contributed by atoms with E-state index in [1.54, 1.807) is 17.8 Å². The highest BCUT2D eigenvalue weighted by molar-refractivity contribution is 7.99. The molecule has 3 aromatic rings. The Hall–Kier alpha value is -3.30. The number of thioether (sulfide) groups is 1. The molecule has 0 aliphatic carbocycles. The lowest BCUT2D eigenvalue weighted by Crippen LogP contribution is -2.29. The molecule has 3 heterocycles. The summed E-state index contributed by atoms with van der Waals surface area (Å²) in [5.74, 6) is 3.05. The minimum Gasteiger partial charge on any atom is -0.489 e. The fourth-order valence-electron chi connectivity index (χ4n) is 5.25. The van der Waals surface area contributed by atoms with Gasteiger partial charge in [-0.1, -0.05) is 12.1 Å². The SMILES string of the molecule is COC(=O)c1ccccc1Nc1nc(Nc2cc(C)c(C3CCN(C)CC3)cc2OC(C)C)nc2c1SCC2. The van der Waals surface area contributed by atoms with Crippen molar-refractivity contribution in [2.75, 3.05) is 43.6 Å². The number of fused-ring (bicyclic) bond motifs is 1. The van der Waals surface area contributed by atoms with Crippen molar-refractivity contribution in [3.63, 3.8) is 0 Å². The number of carbonyl (C=O) groups is 1. The van der Waals surface area contributed by atoms with Gasteiger partial charge >= 0.3 is 5.97 Å². The molecule has 0 atom stereocenters. The first-order valence-electron chi connectivity index (χ1n) is 13.6. The van der Waals surface area contributed by atoms with Gasteiger partial charge in [0.2, 0.25) is 5.95 Å². The Morgan fingerprint density at radius 1 is 1.10 bits per heavy atom. The van der Waals surface area contributed by atoms with Crippen LogP contribution in [0.4, 0.5) is 23.1 Å². The number of carbonyl (C=O) groups excluding carboxylic acids is 1. The Balaban J connectivity index is 1.48. The lowest BCUT2D eigenvalue weighted by atomic mass is 9.86. The lowest BCUT2D eigenvalue weighted by Gasteiger charge is -2.30. The summed E-state index contributed by atoms with van der Waals surface area (Å²) < 4.78 is 11.3. The first-order chi connectivity index (χ1) is 18.8. The second-order valence-corrected chi connectivity index (χ2v) is 11.6. The number of hydrogen-bond acceptors (Lipinski definition) is 9. The molecule has 0 radical (unpaired) electrons. The average Bonchev–Trinajstić information content (AvgIpc) is 3.39. The molecule has 1 aromatic heterocycles. The van der Waals surface area contributed by atoms with Gasteiger partial charge in [0.15, 0.2) is 0 Å². The van der Waals surface area contributed by atoms with E-state index in [-0.39, 0.29) is 6.10 Å². The zero-order valence-electron chi connectivity index (χ0n) is 23.3. The van der Waals surface area contributed by atoms with Gasteiger partial charge in [0.05, 0.1) is 40.7 Å². The third-order valence-electron chi connectivity index (χ3n) is 7.24. The highest BCUT2D eigenvalue weighted by atomic mass is 32.2. The third kappa shape index (κ3) is 6.15. The number of aromatic nitrogens is 2. The molecule has 2 aromatic carbocycles. The topological polar surface area (TPSA) is 88.6 Å². The minimum atomic E-state index is -0.398. The van der Waals surface area contributed by atoms with Gasteiger partial charge in [0.1, 0.15) is 11.6 Å². The van der Waals surface area contributed by atoms with Gasteiger partial charge in [-0.15, -0.1) is 11.8 Å². The highest BCUT2D eigenvalue weighted by Gasteiger charge is 2.25. The summed E-state index contributed by atoms with van der Waals surface area (Å²) in [6.45, 7) is 8.49. The third-order valence-corrected chi connectivity index (χ3v) is 8.37. The number of esters is 1. The number of likely N-dealkylation sites (tertiary alicyclic amines) is 1. The van der Waals surface area contributed by atoms with E-state index in [4.69, 9.17) is 19.4 Å². The van der Waals surface area contributed by atoms with E-state index in [1.807, 2.05) is 32.0 Å².